The molecule has 0 unspecified atom stereocenters. The number of hydrogen-bond acceptors (Lipinski definition) is 5. The standard InChI is InChI=1S/C26H22F3NO5S/c1-16(2)34-20-5-3-4-19(14-20)30-36(32,33)21-9-6-17(7-10-21)12-18-8-11-24-22(13-18)23(26(27,28)29)15-25(31)35-24/h3-11,13-16,30H,12H2,1-2H3. The van der Waals surface area contributed by atoms with Gasteiger partial charge in [0.05, 0.1) is 22.3 Å². The molecule has 0 amide bonds. The minimum absolute atomic E-state index is 0.0288. The normalized spacial score (nSPS) is 12.2. The van der Waals surface area contributed by atoms with Gasteiger partial charge in [-0.05, 0) is 67.8 Å². The van der Waals surface area contributed by atoms with Crippen LogP contribution in [0.5, 0.6) is 5.75 Å². The second-order valence-corrected chi connectivity index (χ2v) is 10.1. The molecule has 1 N–H and O–H groups in total. The van der Waals surface area contributed by atoms with Gasteiger partial charge in [0, 0.05) is 17.5 Å². The van der Waals surface area contributed by atoms with Crippen LogP contribution < -0.4 is 15.1 Å². The van der Waals surface area contributed by atoms with Gasteiger partial charge in [0.15, 0.2) is 0 Å². The Morgan fingerprint density at radius 3 is 2.31 bits per heavy atom. The van der Waals surface area contributed by atoms with Gasteiger partial charge in [-0.3, -0.25) is 4.72 Å². The number of benzene rings is 3. The van der Waals surface area contributed by atoms with Gasteiger partial charge in [0.2, 0.25) is 0 Å². The number of anilines is 1. The smallest absolute Gasteiger partial charge is 0.417 e. The van der Waals surface area contributed by atoms with E-state index in [-0.39, 0.29) is 28.4 Å². The van der Waals surface area contributed by atoms with Crippen molar-refractivity contribution in [2.45, 2.75) is 37.4 Å². The highest BCUT2D eigenvalue weighted by Gasteiger charge is 2.33. The Hall–Kier alpha value is -3.79. The Morgan fingerprint density at radius 1 is 0.944 bits per heavy atom. The molecule has 0 spiro atoms. The monoisotopic (exact) mass is 517 g/mol. The van der Waals surface area contributed by atoms with E-state index in [4.69, 9.17) is 9.15 Å². The fourth-order valence-corrected chi connectivity index (χ4v) is 4.75. The highest BCUT2D eigenvalue weighted by molar-refractivity contribution is 7.92. The number of ether oxygens (including phenoxy) is 1. The lowest BCUT2D eigenvalue weighted by Gasteiger charge is -2.13. The summed E-state index contributed by atoms with van der Waals surface area (Å²) in [6.45, 7) is 3.73. The van der Waals surface area contributed by atoms with E-state index in [9.17, 15) is 26.4 Å². The van der Waals surface area contributed by atoms with Crippen molar-refractivity contribution < 1.29 is 30.7 Å². The van der Waals surface area contributed by atoms with E-state index in [0.29, 0.717) is 28.6 Å². The first kappa shape index (κ1) is 25.3. The molecule has 36 heavy (non-hydrogen) atoms. The predicted octanol–water partition coefficient (Wildman–Crippen LogP) is 5.99. The van der Waals surface area contributed by atoms with Gasteiger partial charge >= 0.3 is 11.8 Å². The SMILES string of the molecule is CC(C)Oc1cccc(NS(=O)(=O)c2ccc(Cc3ccc4oc(=O)cc(C(F)(F)F)c4c3)cc2)c1. The predicted molar refractivity (Wildman–Crippen MR) is 130 cm³/mol. The summed E-state index contributed by atoms with van der Waals surface area (Å²) in [5.74, 6) is 0.531. The molecule has 1 heterocycles. The molecular formula is C26H22F3NO5S. The van der Waals surface area contributed by atoms with E-state index in [1.807, 2.05) is 13.8 Å². The average Bonchev–Trinajstić information content (AvgIpc) is 2.78. The molecule has 0 saturated carbocycles. The molecule has 3 aromatic carbocycles. The van der Waals surface area contributed by atoms with E-state index in [1.54, 1.807) is 42.5 Å². The fourth-order valence-electron chi connectivity index (χ4n) is 3.70. The number of halogens is 3. The van der Waals surface area contributed by atoms with Crippen LogP contribution in [0, 0.1) is 0 Å². The summed E-state index contributed by atoms with van der Waals surface area (Å²) < 4.78 is 78.8. The second kappa shape index (κ2) is 9.69. The van der Waals surface area contributed by atoms with Crippen LogP contribution >= 0.6 is 0 Å². The van der Waals surface area contributed by atoms with Crippen LogP contribution in [0.15, 0.2) is 86.9 Å². The zero-order valence-corrected chi connectivity index (χ0v) is 20.1. The van der Waals surface area contributed by atoms with Crippen molar-refractivity contribution in [3.63, 3.8) is 0 Å². The van der Waals surface area contributed by atoms with Crippen LogP contribution in [0.25, 0.3) is 11.0 Å². The molecule has 0 saturated heterocycles. The number of fused-ring (bicyclic) bond motifs is 1. The number of sulfonamides is 1. The molecule has 1 aromatic heterocycles. The molecule has 4 rings (SSSR count). The van der Waals surface area contributed by atoms with Crippen molar-refractivity contribution in [2.75, 3.05) is 4.72 Å². The summed E-state index contributed by atoms with van der Waals surface area (Å²) in [5, 5.41) is -0.216. The lowest BCUT2D eigenvalue weighted by atomic mass is 10.0. The summed E-state index contributed by atoms with van der Waals surface area (Å²) in [6.07, 6.45) is -4.53. The van der Waals surface area contributed by atoms with Gasteiger partial charge < -0.3 is 9.15 Å². The van der Waals surface area contributed by atoms with Crippen LogP contribution in [0.4, 0.5) is 18.9 Å². The molecule has 0 aliphatic heterocycles. The maximum Gasteiger partial charge on any atom is 0.417 e. The van der Waals surface area contributed by atoms with Crippen molar-refractivity contribution in [1.82, 2.24) is 0 Å². The number of rotatable bonds is 7. The van der Waals surface area contributed by atoms with Gasteiger partial charge in [-0.25, -0.2) is 13.2 Å². The lowest BCUT2D eigenvalue weighted by molar-refractivity contribution is -0.136. The van der Waals surface area contributed by atoms with Crippen molar-refractivity contribution in [1.29, 1.82) is 0 Å². The van der Waals surface area contributed by atoms with E-state index in [1.165, 1.54) is 24.3 Å². The van der Waals surface area contributed by atoms with E-state index < -0.39 is 27.4 Å². The molecular weight excluding hydrogens is 495 g/mol. The number of alkyl halides is 3. The molecule has 0 bridgehead atoms. The molecule has 0 aliphatic rings. The van der Waals surface area contributed by atoms with Crippen molar-refractivity contribution >= 4 is 26.7 Å². The van der Waals surface area contributed by atoms with Crippen molar-refractivity contribution in [3.05, 3.63) is 99.9 Å². The molecule has 0 radical (unpaired) electrons. The summed E-state index contributed by atoms with van der Waals surface area (Å²) >= 11 is 0. The molecule has 188 valence electrons. The van der Waals surface area contributed by atoms with Crippen molar-refractivity contribution in [2.24, 2.45) is 0 Å². The summed E-state index contributed by atoms with van der Waals surface area (Å²) in [7, 11) is -3.88. The van der Waals surface area contributed by atoms with Gasteiger partial charge in [0.1, 0.15) is 11.3 Å². The largest absolute Gasteiger partial charge is 0.491 e. The molecule has 4 aromatic rings. The average molecular weight is 518 g/mol. The Kier molecular flexibility index (Phi) is 6.81. The van der Waals surface area contributed by atoms with Crippen LogP contribution in [0.2, 0.25) is 0 Å². The Labute approximate surface area is 205 Å². The van der Waals surface area contributed by atoms with Gasteiger partial charge in [-0.15, -0.1) is 0 Å². The first-order valence-electron chi connectivity index (χ1n) is 10.9. The van der Waals surface area contributed by atoms with Gasteiger partial charge in [-0.2, -0.15) is 13.2 Å². The van der Waals surface area contributed by atoms with Crippen LogP contribution in [-0.2, 0) is 22.6 Å². The lowest BCUT2D eigenvalue weighted by Crippen LogP contribution is -2.13. The second-order valence-electron chi connectivity index (χ2n) is 8.43. The molecule has 0 aliphatic carbocycles. The third-order valence-corrected chi connectivity index (χ3v) is 6.61. The Balaban J connectivity index is 1.55. The minimum atomic E-state index is -4.71. The Bertz CT molecular complexity index is 1560. The fraction of sp³-hybridized carbons (Fsp3) is 0.192. The molecule has 10 heteroatoms. The third kappa shape index (κ3) is 5.88. The quantitative estimate of drug-likeness (QED) is 0.305. The highest BCUT2D eigenvalue weighted by atomic mass is 32.2. The Morgan fingerprint density at radius 2 is 1.64 bits per heavy atom. The van der Waals surface area contributed by atoms with E-state index in [2.05, 4.69) is 4.72 Å². The third-order valence-electron chi connectivity index (χ3n) is 5.21. The van der Waals surface area contributed by atoms with Crippen LogP contribution in [-0.4, -0.2) is 14.5 Å². The maximum atomic E-state index is 13.4. The summed E-state index contributed by atoms with van der Waals surface area (Å²) in [6, 6.07) is 17.3. The summed E-state index contributed by atoms with van der Waals surface area (Å²) in [4.78, 5) is 11.5. The molecule has 0 atom stereocenters. The molecule has 6 nitrogen and oxygen atoms in total. The topological polar surface area (TPSA) is 85.6 Å². The first-order valence-corrected chi connectivity index (χ1v) is 12.4. The maximum absolute atomic E-state index is 13.4. The first-order chi connectivity index (χ1) is 16.9. The minimum Gasteiger partial charge on any atom is -0.491 e. The van der Waals surface area contributed by atoms with E-state index >= 15 is 0 Å². The number of hydrogen-bond donors (Lipinski definition) is 1. The zero-order valence-electron chi connectivity index (χ0n) is 19.3. The van der Waals surface area contributed by atoms with Crippen LogP contribution in [0.3, 0.4) is 0 Å². The van der Waals surface area contributed by atoms with Crippen molar-refractivity contribution in [3.8, 4) is 5.75 Å². The molecule has 0 fully saturated rings. The van der Waals surface area contributed by atoms with Gasteiger partial charge in [0.25, 0.3) is 10.0 Å². The zero-order chi connectivity index (χ0) is 26.1. The highest BCUT2D eigenvalue weighted by Crippen LogP contribution is 2.34. The van der Waals surface area contributed by atoms with E-state index in [0.717, 1.165) is 0 Å². The summed E-state index contributed by atoms with van der Waals surface area (Å²) in [5.41, 5.74) is -0.725. The number of nitrogens with one attached hydrogen (secondary N) is 1. The van der Waals surface area contributed by atoms with Crippen LogP contribution in [0.1, 0.15) is 30.5 Å². The van der Waals surface area contributed by atoms with Gasteiger partial charge in [-0.1, -0.05) is 24.3 Å².